The van der Waals surface area contributed by atoms with Crippen LogP contribution in [0.4, 0.5) is 25.8 Å². The predicted octanol–water partition coefficient (Wildman–Crippen LogP) is 5.31. The first kappa shape index (κ1) is 22.0. The van der Waals surface area contributed by atoms with E-state index in [-0.39, 0.29) is 6.04 Å². The van der Waals surface area contributed by atoms with E-state index >= 15 is 0 Å². The number of carbonyl (C=O) groups excluding carboxylic acids is 2. The molecule has 5 nitrogen and oxygen atoms in total. The molecule has 1 N–H and O–H groups in total. The maximum atomic E-state index is 13.7. The summed E-state index contributed by atoms with van der Waals surface area (Å²) in [7, 11) is 0. The molecular formula is C24H22F2N2O3. The lowest BCUT2D eigenvalue weighted by atomic mass is 10.2. The van der Waals surface area contributed by atoms with Crippen LogP contribution in [0.3, 0.4) is 0 Å². The van der Waals surface area contributed by atoms with E-state index in [1.807, 2.05) is 56.3 Å². The lowest BCUT2D eigenvalue weighted by Crippen LogP contribution is -2.40. The number of amides is 1. The number of esters is 1. The van der Waals surface area contributed by atoms with Crippen molar-refractivity contribution in [2.45, 2.75) is 19.9 Å². The Kier molecular flexibility index (Phi) is 6.97. The Morgan fingerprint density at radius 3 is 2.03 bits per heavy atom. The van der Waals surface area contributed by atoms with Crippen LogP contribution in [0.25, 0.3) is 0 Å². The first-order valence-electron chi connectivity index (χ1n) is 9.72. The number of anilines is 3. The van der Waals surface area contributed by atoms with Crippen molar-refractivity contribution in [3.05, 3.63) is 90.0 Å². The summed E-state index contributed by atoms with van der Waals surface area (Å²) in [6, 6.07) is 19.6. The van der Waals surface area contributed by atoms with E-state index < -0.39 is 35.7 Å². The van der Waals surface area contributed by atoms with Gasteiger partial charge >= 0.3 is 5.97 Å². The Labute approximate surface area is 179 Å². The number of halogens is 2. The number of nitrogens with one attached hydrogen (secondary N) is 1. The molecule has 0 saturated heterocycles. The minimum Gasteiger partial charge on any atom is -0.452 e. The molecule has 0 radical (unpaired) electrons. The lowest BCUT2D eigenvalue weighted by Gasteiger charge is -2.27. The summed E-state index contributed by atoms with van der Waals surface area (Å²) in [5.74, 6) is -3.82. The van der Waals surface area contributed by atoms with Crippen LogP contribution in [-0.2, 0) is 9.53 Å². The van der Waals surface area contributed by atoms with E-state index in [4.69, 9.17) is 4.74 Å². The van der Waals surface area contributed by atoms with E-state index in [1.54, 1.807) is 12.1 Å². The van der Waals surface area contributed by atoms with Crippen molar-refractivity contribution in [3.8, 4) is 0 Å². The largest absolute Gasteiger partial charge is 0.452 e. The van der Waals surface area contributed by atoms with Crippen LogP contribution in [0.5, 0.6) is 0 Å². The molecule has 0 spiro atoms. The lowest BCUT2D eigenvalue weighted by molar-refractivity contribution is -0.122. The number of nitrogens with zero attached hydrogens (tertiary/aromatic N) is 1. The number of rotatable bonds is 7. The summed E-state index contributed by atoms with van der Waals surface area (Å²) in [6.07, 6.45) is 0. The molecule has 0 aromatic heterocycles. The van der Waals surface area contributed by atoms with Crippen molar-refractivity contribution < 1.29 is 23.1 Å². The second kappa shape index (κ2) is 9.84. The average molecular weight is 424 g/mol. The second-order valence-corrected chi connectivity index (χ2v) is 7.07. The Morgan fingerprint density at radius 1 is 0.871 bits per heavy atom. The van der Waals surface area contributed by atoms with E-state index in [9.17, 15) is 18.4 Å². The zero-order valence-corrected chi connectivity index (χ0v) is 17.1. The summed E-state index contributed by atoms with van der Waals surface area (Å²) >= 11 is 0. The Balaban J connectivity index is 1.68. The summed E-state index contributed by atoms with van der Waals surface area (Å²) in [6.45, 7) is 2.98. The number of hydrogen-bond acceptors (Lipinski definition) is 4. The van der Waals surface area contributed by atoms with Gasteiger partial charge in [0.2, 0.25) is 0 Å². The topological polar surface area (TPSA) is 58.6 Å². The Hall–Kier alpha value is -3.74. The zero-order valence-electron chi connectivity index (χ0n) is 17.1. The molecule has 7 heteroatoms. The third kappa shape index (κ3) is 5.45. The molecule has 0 unspecified atom stereocenters. The van der Waals surface area contributed by atoms with Gasteiger partial charge in [-0.15, -0.1) is 0 Å². The molecule has 0 bridgehead atoms. The highest BCUT2D eigenvalue weighted by Gasteiger charge is 2.23. The standard InChI is InChI=1S/C24H22F2N2O3/c1-16(2)28(19-13-11-18(12-14-19)27-17-7-4-3-5-8-17)22(29)15-31-24(30)23-20(25)9-6-10-21(23)26/h3-14,16,27H,15H2,1-2H3. The second-order valence-electron chi connectivity index (χ2n) is 7.07. The van der Waals surface area contributed by atoms with Gasteiger partial charge in [-0.05, 0) is 62.4 Å². The van der Waals surface area contributed by atoms with Crippen molar-refractivity contribution in [2.75, 3.05) is 16.8 Å². The summed E-state index contributed by atoms with van der Waals surface area (Å²) < 4.78 is 32.3. The first-order chi connectivity index (χ1) is 14.9. The van der Waals surface area contributed by atoms with Crippen LogP contribution in [-0.4, -0.2) is 24.5 Å². The Bertz CT molecular complexity index is 1030. The highest BCUT2D eigenvalue weighted by molar-refractivity contribution is 5.97. The molecule has 0 aliphatic rings. The average Bonchev–Trinajstić information content (AvgIpc) is 2.74. The van der Waals surface area contributed by atoms with Gasteiger partial charge in [0.25, 0.3) is 5.91 Å². The predicted molar refractivity (Wildman–Crippen MR) is 115 cm³/mol. The van der Waals surface area contributed by atoms with Crippen LogP contribution in [0.15, 0.2) is 72.8 Å². The van der Waals surface area contributed by atoms with Gasteiger partial charge < -0.3 is 15.0 Å². The van der Waals surface area contributed by atoms with Crippen molar-refractivity contribution in [1.82, 2.24) is 0 Å². The van der Waals surface area contributed by atoms with Gasteiger partial charge in [-0.25, -0.2) is 13.6 Å². The van der Waals surface area contributed by atoms with Crippen molar-refractivity contribution >= 4 is 28.9 Å². The highest BCUT2D eigenvalue weighted by Crippen LogP contribution is 2.23. The first-order valence-corrected chi connectivity index (χ1v) is 9.72. The Morgan fingerprint density at radius 2 is 1.45 bits per heavy atom. The van der Waals surface area contributed by atoms with E-state index in [0.717, 1.165) is 29.6 Å². The number of para-hydroxylation sites is 1. The minimum atomic E-state index is -1.23. The van der Waals surface area contributed by atoms with Gasteiger partial charge in [-0.2, -0.15) is 0 Å². The van der Waals surface area contributed by atoms with Crippen molar-refractivity contribution in [3.63, 3.8) is 0 Å². The van der Waals surface area contributed by atoms with Crippen LogP contribution < -0.4 is 10.2 Å². The van der Waals surface area contributed by atoms with Gasteiger partial charge in [0.15, 0.2) is 6.61 Å². The maximum absolute atomic E-state index is 13.7. The van der Waals surface area contributed by atoms with Crippen molar-refractivity contribution in [1.29, 1.82) is 0 Å². The summed E-state index contributed by atoms with van der Waals surface area (Å²) in [4.78, 5) is 26.2. The molecule has 3 aromatic rings. The highest BCUT2D eigenvalue weighted by atomic mass is 19.1. The summed E-state index contributed by atoms with van der Waals surface area (Å²) in [5, 5.41) is 3.25. The molecule has 0 aliphatic heterocycles. The van der Waals surface area contributed by atoms with Crippen LogP contribution in [0.1, 0.15) is 24.2 Å². The maximum Gasteiger partial charge on any atom is 0.344 e. The van der Waals surface area contributed by atoms with Crippen molar-refractivity contribution in [2.24, 2.45) is 0 Å². The van der Waals surface area contributed by atoms with Gasteiger partial charge in [0, 0.05) is 23.1 Å². The fraction of sp³-hybridized carbons (Fsp3) is 0.167. The van der Waals surface area contributed by atoms with Gasteiger partial charge in [0.05, 0.1) is 0 Å². The van der Waals surface area contributed by atoms with E-state index in [0.29, 0.717) is 5.69 Å². The molecule has 31 heavy (non-hydrogen) atoms. The minimum absolute atomic E-state index is 0.232. The zero-order chi connectivity index (χ0) is 22.4. The number of benzene rings is 3. The monoisotopic (exact) mass is 424 g/mol. The van der Waals surface area contributed by atoms with Gasteiger partial charge in [0.1, 0.15) is 17.2 Å². The fourth-order valence-corrected chi connectivity index (χ4v) is 3.09. The molecule has 3 rings (SSSR count). The fourth-order valence-electron chi connectivity index (χ4n) is 3.09. The number of carbonyl (C=O) groups is 2. The van der Waals surface area contributed by atoms with E-state index in [2.05, 4.69) is 5.32 Å². The quantitative estimate of drug-likeness (QED) is 0.523. The molecule has 0 aliphatic carbocycles. The molecule has 160 valence electrons. The molecule has 0 saturated carbocycles. The smallest absolute Gasteiger partial charge is 0.344 e. The molecule has 0 atom stereocenters. The normalized spacial score (nSPS) is 10.6. The van der Waals surface area contributed by atoms with Crippen LogP contribution >= 0.6 is 0 Å². The van der Waals surface area contributed by atoms with E-state index in [1.165, 1.54) is 4.90 Å². The SMILES string of the molecule is CC(C)N(C(=O)COC(=O)c1c(F)cccc1F)c1ccc(Nc2ccccc2)cc1. The van der Waals surface area contributed by atoms with Crippen LogP contribution in [0, 0.1) is 11.6 Å². The number of hydrogen-bond donors (Lipinski definition) is 1. The van der Waals surface area contributed by atoms with Gasteiger partial charge in [-0.1, -0.05) is 24.3 Å². The van der Waals surface area contributed by atoms with Gasteiger partial charge in [-0.3, -0.25) is 4.79 Å². The third-order valence-electron chi connectivity index (χ3n) is 4.49. The van der Waals surface area contributed by atoms with Crippen LogP contribution in [0.2, 0.25) is 0 Å². The molecule has 1 amide bonds. The third-order valence-corrected chi connectivity index (χ3v) is 4.49. The molecule has 0 heterocycles. The summed E-state index contributed by atoms with van der Waals surface area (Å²) in [5.41, 5.74) is 1.56. The molecular weight excluding hydrogens is 402 g/mol. The molecule has 3 aromatic carbocycles. The number of ether oxygens (including phenoxy) is 1. The molecule has 0 fully saturated rings.